The van der Waals surface area contributed by atoms with Crippen LogP contribution in [0.25, 0.3) is 22.5 Å². The lowest BCUT2D eigenvalue weighted by Gasteiger charge is -2.08. The molecular weight excluding hydrogens is 284 g/mol. The highest BCUT2D eigenvalue weighted by atomic mass is 19.1. The third-order valence-electron chi connectivity index (χ3n) is 3.35. The molecule has 0 aliphatic carbocycles. The van der Waals surface area contributed by atoms with Gasteiger partial charge in [0.25, 0.3) is 0 Å². The van der Waals surface area contributed by atoms with Crippen LogP contribution in [0.4, 0.5) is 8.78 Å². The van der Waals surface area contributed by atoms with Crippen molar-refractivity contribution in [3.8, 4) is 22.5 Å². The smallest absolute Gasteiger partial charge is 0.123 e. The lowest BCUT2D eigenvalue weighted by atomic mass is 10.0. The van der Waals surface area contributed by atoms with E-state index in [-0.39, 0.29) is 18.2 Å². The molecule has 1 N–H and O–H groups in total. The quantitative estimate of drug-likeness (QED) is 0.786. The first-order chi connectivity index (χ1) is 10.7. The minimum atomic E-state index is -0.319. The van der Waals surface area contributed by atoms with Crippen molar-refractivity contribution >= 4 is 0 Å². The summed E-state index contributed by atoms with van der Waals surface area (Å²) >= 11 is 0. The van der Waals surface area contributed by atoms with Crippen molar-refractivity contribution in [2.45, 2.75) is 6.61 Å². The average molecular weight is 297 g/mol. The van der Waals surface area contributed by atoms with Gasteiger partial charge in [0.15, 0.2) is 0 Å². The maximum Gasteiger partial charge on any atom is 0.123 e. The summed E-state index contributed by atoms with van der Waals surface area (Å²) < 4.78 is 26.1. The molecule has 1 aromatic heterocycles. The van der Waals surface area contributed by atoms with Crippen LogP contribution in [0.5, 0.6) is 0 Å². The van der Waals surface area contributed by atoms with Crippen LogP contribution in [-0.2, 0) is 6.61 Å². The van der Waals surface area contributed by atoms with Crippen LogP contribution >= 0.6 is 0 Å². The highest BCUT2D eigenvalue weighted by Gasteiger charge is 2.07. The van der Waals surface area contributed by atoms with Crippen LogP contribution in [0.15, 0.2) is 60.7 Å². The van der Waals surface area contributed by atoms with E-state index in [0.29, 0.717) is 17.0 Å². The van der Waals surface area contributed by atoms with E-state index in [4.69, 9.17) is 0 Å². The Labute approximate surface area is 126 Å². The Kier molecular flexibility index (Phi) is 3.94. The van der Waals surface area contributed by atoms with Gasteiger partial charge in [-0.15, -0.1) is 0 Å². The van der Waals surface area contributed by atoms with Crippen LogP contribution in [-0.4, -0.2) is 10.1 Å². The van der Waals surface area contributed by atoms with Gasteiger partial charge < -0.3 is 5.11 Å². The van der Waals surface area contributed by atoms with Crippen molar-refractivity contribution in [1.82, 2.24) is 4.98 Å². The molecule has 0 radical (unpaired) electrons. The molecule has 0 bridgehead atoms. The van der Waals surface area contributed by atoms with Gasteiger partial charge in [-0.2, -0.15) is 0 Å². The average Bonchev–Trinajstić information content (AvgIpc) is 2.55. The predicted octanol–water partition coefficient (Wildman–Crippen LogP) is 4.19. The Morgan fingerprint density at radius 3 is 1.50 bits per heavy atom. The topological polar surface area (TPSA) is 33.1 Å². The first kappa shape index (κ1) is 14.4. The first-order valence-electron chi connectivity index (χ1n) is 6.79. The molecule has 22 heavy (non-hydrogen) atoms. The van der Waals surface area contributed by atoms with Gasteiger partial charge in [-0.25, -0.2) is 13.8 Å². The number of aliphatic hydroxyl groups excluding tert-OH is 1. The molecule has 4 heteroatoms. The summed E-state index contributed by atoms with van der Waals surface area (Å²) in [5, 5.41) is 9.42. The van der Waals surface area contributed by atoms with Crippen molar-refractivity contribution in [1.29, 1.82) is 0 Å². The van der Waals surface area contributed by atoms with Crippen molar-refractivity contribution in [3.05, 3.63) is 77.9 Å². The number of hydrogen-bond acceptors (Lipinski definition) is 2. The second kappa shape index (κ2) is 6.03. The van der Waals surface area contributed by atoms with Crippen LogP contribution in [0.3, 0.4) is 0 Å². The number of benzene rings is 2. The molecule has 110 valence electrons. The largest absolute Gasteiger partial charge is 0.392 e. The van der Waals surface area contributed by atoms with Gasteiger partial charge in [0.05, 0.1) is 18.0 Å². The van der Waals surface area contributed by atoms with Gasteiger partial charge >= 0.3 is 0 Å². The number of pyridine rings is 1. The van der Waals surface area contributed by atoms with Gasteiger partial charge in [0, 0.05) is 11.1 Å². The molecule has 0 saturated carbocycles. The van der Waals surface area contributed by atoms with Gasteiger partial charge in [-0.1, -0.05) is 0 Å². The normalized spacial score (nSPS) is 10.7. The maximum absolute atomic E-state index is 13.0. The molecule has 2 nitrogen and oxygen atoms in total. The summed E-state index contributed by atoms with van der Waals surface area (Å²) in [7, 11) is 0. The predicted molar refractivity (Wildman–Crippen MR) is 80.9 cm³/mol. The van der Waals surface area contributed by atoms with E-state index in [1.807, 2.05) is 0 Å². The summed E-state index contributed by atoms with van der Waals surface area (Å²) in [6, 6.07) is 15.5. The summed E-state index contributed by atoms with van der Waals surface area (Å²) in [4.78, 5) is 4.53. The Bertz CT molecular complexity index is 719. The number of rotatable bonds is 3. The van der Waals surface area contributed by atoms with E-state index in [1.54, 1.807) is 36.4 Å². The number of nitrogens with zero attached hydrogens (tertiary/aromatic N) is 1. The molecule has 1 heterocycles. The number of hydrogen-bond donors (Lipinski definition) is 1. The monoisotopic (exact) mass is 297 g/mol. The SMILES string of the molecule is OCc1cc(-c2ccc(F)cc2)nc(-c2ccc(F)cc2)c1. The van der Waals surface area contributed by atoms with Gasteiger partial charge in [0.1, 0.15) is 11.6 Å². The molecule has 0 aliphatic heterocycles. The third-order valence-corrected chi connectivity index (χ3v) is 3.35. The second-order valence-corrected chi connectivity index (χ2v) is 4.92. The zero-order valence-electron chi connectivity index (χ0n) is 11.6. The van der Waals surface area contributed by atoms with Crippen LogP contribution in [0.1, 0.15) is 5.56 Å². The minimum Gasteiger partial charge on any atom is -0.392 e. The van der Waals surface area contributed by atoms with Gasteiger partial charge in [-0.3, -0.25) is 0 Å². The maximum atomic E-state index is 13.0. The van der Waals surface area contributed by atoms with Crippen LogP contribution in [0, 0.1) is 11.6 Å². The molecule has 0 aliphatic rings. The molecule has 0 spiro atoms. The number of aliphatic hydroxyl groups is 1. The Hall–Kier alpha value is -2.59. The van der Waals surface area contributed by atoms with Gasteiger partial charge in [-0.05, 0) is 66.2 Å². The molecule has 3 rings (SSSR count). The van der Waals surface area contributed by atoms with E-state index < -0.39 is 0 Å². The lowest BCUT2D eigenvalue weighted by Crippen LogP contribution is -1.93. The molecule has 0 unspecified atom stereocenters. The van der Waals surface area contributed by atoms with E-state index >= 15 is 0 Å². The molecule has 3 aromatic rings. The van der Waals surface area contributed by atoms with Crippen molar-refractivity contribution < 1.29 is 13.9 Å². The zero-order chi connectivity index (χ0) is 15.5. The summed E-state index contributed by atoms with van der Waals surface area (Å²) in [5.74, 6) is -0.637. The highest BCUT2D eigenvalue weighted by Crippen LogP contribution is 2.25. The van der Waals surface area contributed by atoms with E-state index in [0.717, 1.165) is 11.1 Å². The third kappa shape index (κ3) is 3.02. The number of halogens is 2. The molecule has 0 fully saturated rings. The van der Waals surface area contributed by atoms with Crippen molar-refractivity contribution in [2.75, 3.05) is 0 Å². The Morgan fingerprint density at radius 2 is 1.14 bits per heavy atom. The summed E-state index contributed by atoms with van der Waals surface area (Å²) in [6.45, 7) is -0.134. The lowest BCUT2D eigenvalue weighted by molar-refractivity contribution is 0.282. The fraction of sp³-hybridized carbons (Fsp3) is 0.0556. The standard InChI is InChI=1S/C18H13F2NO/c19-15-5-1-13(2-6-15)17-9-12(11-22)10-18(21-17)14-3-7-16(20)8-4-14/h1-10,22H,11H2. The highest BCUT2D eigenvalue weighted by molar-refractivity contribution is 5.67. The Balaban J connectivity index is 2.10. The van der Waals surface area contributed by atoms with Crippen LogP contribution in [0.2, 0.25) is 0 Å². The van der Waals surface area contributed by atoms with Crippen molar-refractivity contribution in [2.24, 2.45) is 0 Å². The number of aromatic nitrogens is 1. The molecule has 0 amide bonds. The Morgan fingerprint density at radius 1 is 0.727 bits per heavy atom. The van der Waals surface area contributed by atoms with E-state index in [9.17, 15) is 13.9 Å². The fourth-order valence-corrected chi connectivity index (χ4v) is 2.22. The van der Waals surface area contributed by atoms with Gasteiger partial charge in [0.2, 0.25) is 0 Å². The second-order valence-electron chi connectivity index (χ2n) is 4.92. The van der Waals surface area contributed by atoms with Crippen molar-refractivity contribution in [3.63, 3.8) is 0 Å². The summed E-state index contributed by atoms with van der Waals surface area (Å²) in [5.41, 5.74) is 3.45. The molecule has 2 aromatic carbocycles. The molecule has 0 atom stereocenters. The molecule has 0 saturated heterocycles. The first-order valence-corrected chi connectivity index (χ1v) is 6.79. The van der Waals surface area contributed by atoms with E-state index in [1.165, 1.54) is 24.3 Å². The summed E-state index contributed by atoms with van der Waals surface area (Å²) in [6.07, 6.45) is 0. The fourth-order valence-electron chi connectivity index (χ4n) is 2.22. The zero-order valence-corrected chi connectivity index (χ0v) is 11.6. The van der Waals surface area contributed by atoms with Crippen LogP contribution < -0.4 is 0 Å². The minimum absolute atomic E-state index is 0.134. The van der Waals surface area contributed by atoms with E-state index in [2.05, 4.69) is 4.98 Å². The molecular formula is C18H13F2NO.